The molecule has 0 amide bonds. The van der Waals surface area contributed by atoms with Gasteiger partial charge in [0.05, 0.1) is 11.7 Å². The third-order valence-electron chi connectivity index (χ3n) is 7.17. The van der Waals surface area contributed by atoms with E-state index in [0.29, 0.717) is 6.04 Å². The SMILES string of the molecule is CCCC1=C(C)CC(c2ccccc2)N1C.CCN(Cc1ccccc1)SN1CCc2ccccc21. The molecule has 2 aliphatic rings. The van der Waals surface area contributed by atoms with Crippen molar-refractivity contribution >= 4 is 17.8 Å². The van der Waals surface area contributed by atoms with Crippen molar-refractivity contribution in [3.63, 3.8) is 0 Å². The molecule has 4 heteroatoms. The van der Waals surface area contributed by atoms with Crippen LogP contribution in [0.15, 0.2) is 96.2 Å². The third-order valence-corrected chi connectivity index (χ3v) is 8.36. The quantitative estimate of drug-likeness (QED) is 0.288. The molecular formula is C32H41N3S. The molecule has 0 saturated heterocycles. The molecule has 5 rings (SSSR count). The molecule has 0 aliphatic carbocycles. The highest BCUT2D eigenvalue weighted by Gasteiger charge is 2.27. The van der Waals surface area contributed by atoms with Crippen LogP contribution in [0.3, 0.4) is 0 Å². The van der Waals surface area contributed by atoms with Crippen molar-refractivity contribution in [3.8, 4) is 0 Å². The number of para-hydroxylation sites is 1. The molecule has 0 N–H and O–H groups in total. The number of rotatable bonds is 8. The highest BCUT2D eigenvalue weighted by Crippen LogP contribution is 2.39. The molecule has 0 radical (unpaired) electrons. The molecule has 3 nitrogen and oxygen atoms in total. The van der Waals surface area contributed by atoms with Gasteiger partial charge in [-0.2, -0.15) is 0 Å². The van der Waals surface area contributed by atoms with Crippen molar-refractivity contribution in [2.45, 2.75) is 59.0 Å². The van der Waals surface area contributed by atoms with E-state index in [1.165, 1.54) is 41.6 Å². The van der Waals surface area contributed by atoms with Crippen LogP contribution in [-0.2, 0) is 13.0 Å². The summed E-state index contributed by atoms with van der Waals surface area (Å²) in [4.78, 5) is 2.47. The van der Waals surface area contributed by atoms with Gasteiger partial charge in [-0.25, -0.2) is 4.31 Å². The molecule has 0 aromatic heterocycles. The molecule has 2 heterocycles. The maximum absolute atomic E-state index is 2.47. The van der Waals surface area contributed by atoms with Crippen molar-refractivity contribution in [2.75, 3.05) is 24.4 Å². The molecule has 3 aromatic carbocycles. The van der Waals surface area contributed by atoms with Gasteiger partial charge in [0, 0.05) is 44.5 Å². The average Bonchev–Trinajstić information content (AvgIpc) is 3.46. The van der Waals surface area contributed by atoms with Gasteiger partial charge in [0.1, 0.15) is 0 Å². The van der Waals surface area contributed by atoms with Crippen molar-refractivity contribution in [3.05, 3.63) is 113 Å². The predicted molar refractivity (Wildman–Crippen MR) is 157 cm³/mol. The molecule has 190 valence electrons. The van der Waals surface area contributed by atoms with Crippen LogP contribution in [-0.4, -0.2) is 29.3 Å². The number of hydrogen-bond donors (Lipinski definition) is 0. The Hall–Kier alpha value is -2.69. The van der Waals surface area contributed by atoms with E-state index in [-0.39, 0.29) is 0 Å². The van der Waals surface area contributed by atoms with Crippen LogP contribution in [0.25, 0.3) is 0 Å². The van der Waals surface area contributed by atoms with E-state index >= 15 is 0 Å². The van der Waals surface area contributed by atoms with Crippen LogP contribution in [0.5, 0.6) is 0 Å². The van der Waals surface area contributed by atoms with Crippen LogP contribution < -0.4 is 4.31 Å². The lowest BCUT2D eigenvalue weighted by molar-refractivity contribution is 0.331. The zero-order valence-corrected chi connectivity index (χ0v) is 23.2. The normalized spacial score (nSPS) is 16.9. The van der Waals surface area contributed by atoms with Crippen molar-refractivity contribution in [2.24, 2.45) is 0 Å². The summed E-state index contributed by atoms with van der Waals surface area (Å²) >= 11 is 1.86. The van der Waals surface area contributed by atoms with Crippen LogP contribution >= 0.6 is 12.1 Å². The number of anilines is 1. The Bertz CT molecular complexity index is 1110. The molecule has 2 aliphatic heterocycles. The lowest BCUT2D eigenvalue weighted by atomic mass is 10.0. The summed E-state index contributed by atoms with van der Waals surface area (Å²) in [5, 5.41) is 0. The minimum atomic E-state index is 0.558. The maximum Gasteiger partial charge on any atom is 0.0573 e. The second kappa shape index (κ2) is 13.0. The largest absolute Gasteiger partial charge is 0.371 e. The van der Waals surface area contributed by atoms with Gasteiger partial charge in [-0.05, 0) is 48.9 Å². The Morgan fingerprint density at radius 1 is 0.889 bits per heavy atom. The second-order valence-electron chi connectivity index (χ2n) is 9.72. The minimum Gasteiger partial charge on any atom is -0.371 e. The van der Waals surface area contributed by atoms with Crippen LogP contribution in [0.1, 0.15) is 62.8 Å². The number of benzene rings is 3. The zero-order chi connectivity index (χ0) is 25.3. The summed E-state index contributed by atoms with van der Waals surface area (Å²) in [6.45, 7) is 9.89. The summed E-state index contributed by atoms with van der Waals surface area (Å²) < 4.78 is 4.83. The van der Waals surface area contributed by atoms with E-state index in [2.05, 4.69) is 126 Å². The summed E-state index contributed by atoms with van der Waals surface area (Å²) in [6, 6.07) is 30.8. The van der Waals surface area contributed by atoms with E-state index in [0.717, 1.165) is 26.1 Å². The van der Waals surface area contributed by atoms with Gasteiger partial charge < -0.3 is 9.21 Å². The fourth-order valence-corrected chi connectivity index (χ4v) is 6.23. The molecule has 1 unspecified atom stereocenters. The monoisotopic (exact) mass is 499 g/mol. The van der Waals surface area contributed by atoms with Crippen molar-refractivity contribution in [1.82, 2.24) is 9.21 Å². The topological polar surface area (TPSA) is 9.72 Å². The fraction of sp³-hybridized carbons (Fsp3) is 0.375. The Morgan fingerprint density at radius 2 is 1.56 bits per heavy atom. The molecule has 0 spiro atoms. The first-order valence-electron chi connectivity index (χ1n) is 13.4. The van der Waals surface area contributed by atoms with E-state index < -0.39 is 0 Å². The van der Waals surface area contributed by atoms with Crippen LogP contribution in [0, 0.1) is 0 Å². The summed E-state index contributed by atoms with van der Waals surface area (Å²) in [7, 11) is 2.24. The first-order valence-corrected chi connectivity index (χ1v) is 14.1. The highest BCUT2D eigenvalue weighted by molar-refractivity contribution is 7.98. The first-order chi connectivity index (χ1) is 17.6. The minimum absolute atomic E-state index is 0.558. The van der Waals surface area contributed by atoms with Gasteiger partial charge in [-0.1, -0.05) is 105 Å². The van der Waals surface area contributed by atoms with Gasteiger partial charge in [-0.3, -0.25) is 0 Å². The van der Waals surface area contributed by atoms with Gasteiger partial charge in [0.15, 0.2) is 0 Å². The Labute approximate surface area is 223 Å². The summed E-state index contributed by atoms with van der Waals surface area (Å²) in [6.07, 6.45) is 4.80. The fourth-order valence-electron chi connectivity index (χ4n) is 5.19. The lowest BCUT2D eigenvalue weighted by Crippen LogP contribution is -2.23. The number of fused-ring (bicyclic) bond motifs is 1. The molecule has 0 bridgehead atoms. The van der Waals surface area contributed by atoms with E-state index in [4.69, 9.17) is 0 Å². The van der Waals surface area contributed by atoms with E-state index in [9.17, 15) is 0 Å². The standard InChI is InChI=1S/C17H20N2S.C15H21N/c1-2-18(14-15-8-4-3-5-9-15)20-19-13-12-16-10-6-7-11-17(16)19;1-4-8-14-12(2)11-15(16(14)3)13-9-6-5-7-10-13/h3-11H,2,12-14H2,1H3;5-7,9-10,15H,4,8,11H2,1-3H3. The van der Waals surface area contributed by atoms with Gasteiger partial charge >= 0.3 is 0 Å². The smallest absolute Gasteiger partial charge is 0.0573 e. The predicted octanol–water partition coefficient (Wildman–Crippen LogP) is 8.27. The molecular weight excluding hydrogens is 458 g/mol. The molecule has 0 fully saturated rings. The number of nitrogens with zero attached hydrogens (tertiary/aromatic N) is 3. The third kappa shape index (κ3) is 6.54. The summed E-state index contributed by atoms with van der Waals surface area (Å²) in [5.74, 6) is 0. The van der Waals surface area contributed by atoms with Gasteiger partial charge in [-0.15, -0.1) is 0 Å². The van der Waals surface area contributed by atoms with Gasteiger partial charge in [0.25, 0.3) is 0 Å². The van der Waals surface area contributed by atoms with Gasteiger partial charge in [0.2, 0.25) is 0 Å². The van der Waals surface area contributed by atoms with E-state index in [1.54, 1.807) is 11.3 Å². The molecule has 3 aromatic rings. The maximum atomic E-state index is 2.47. The second-order valence-corrected chi connectivity index (χ2v) is 10.8. The Balaban J connectivity index is 0.000000174. The van der Waals surface area contributed by atoms with Crippen molar-refractivity contribution in [1.29, 1.82) is 0 Å². The Kier molecular flexibility index (Phi) is 9.54. The Morgan fingerprint density at radius 3 is 2.25 bits per heavy atom. The lowest BCUT2D eigenvalue weighted by Gasteiger charge is -2.26. The zero-order valence-electron chi connectivity index (χ0n) is 22.4. The average molecular weight is 500 g/mol. The number of allylic oxidation sites excluding steroid dienone is 1. The van der Waals surface area contributed by atoms with Crippen molar-refractivity contribution < 1.29 is 0 Å². The van der Waals surface area contributed by atoms with Crippen LogP contribution in [0.4, 0.5) is 5.69 Å². The highest BCUT2D eigenvalue weighted by atomic mass is 32.2. The summed E-state index contributed by atoms with van der Waals surface area (Å²) in [5.41, 5.74) is 8.78. The van der Waals surface area contributed by atoms with E-state index in [1.807, 2.05) is 12.1 Å². The first kappa shape index (κ1) is 26.4. The molecule has 1 atom stereocenters. The molecule has 36 heavy (non-hydrogen) atoms. The molecule has 0 saturated carbocycles. The van der Waals surface area contributed by atoms with Crippen LogP contribution in [0.2, 0.25) is 0 Å². The number of hydrogen-bond acceptors (Lipinski definition) is 4.